The lowest BCUT2D eigenvalue weighted by atomic mass is 9.90. The quantitative estimate of drug-likeness (QED) is 0.185. The van der Waals surface area contributed by atoms with Crippen LogP contribution in [-0.4, -0.2) is 9.97 Å². The van der Waals surface area contributed by atoms with Crippen LogP contribution < -0.4 is 0 Å². The number of hydrogen-bond acceptors (Lipinski definition) is 3. The van der Waals surface area contributed by atoms with Crippen LogP contribution in [0.4, 0.5) is 0 Å². The Balaban J connectivity index is 1.13. The Hall–Kier alpha value is -5.90. The molecule has 10 rings (SSSR count). The molecule has 2 aromatic heterocycles. The summed E-state index contributed by atoms with van der Waals surface area (Å²) in [6.07, 6.45) is 3.59. The minimum atomic E-state index is 0.988. The molecule has 0 atom stereocenters. The molecule has 0 saturated heterocycles. The molecule has 0 bridgehead atoms. The maximum Gasteiger partial charge on any atom is 0.116 e. The van der Waals surface area contributed by atoms with Gasteiger partial charge in [-0.3, -0.25) is 0 Å². The summed E-state index contributed by atoms with van der Waals surface area (Å²) >= 11 is 1.89. The summed E-state index contributed by atoms with van der Waals surface area (Å²) in [7, 11) is 0. The summed E-state index contributed by atoms with van der Waals surface area (Å²) in [5, 5.41) is 11.0. The summed E-state index contributed by atoms with van der Waals surface area (Å²) in [5.74, 6) is 0. The van der Waals surface area contributed by atoms with Crippen LogP contribution >= 0.6 is 11.3 Å². The molecule has 0 saturated carbocycles. The van der Waals surface area contributed by atoms with E-state index in [0.717, 1.165) is 16.3 Å². The number of thiophene rings is 1. The fourth-order valence-electron chi connectivity index (χ4n) is 7.46. The molecular weight excluding hydrogens is 589 g/mol. The number of aromatic nitrogens is 2. The van der Waals surface area contributed by atoms with Crippen LogP contribution in [0.25, 0.3) is 96.8 Å². The lowest BCUT2D eigenvalue weighted by Gasteiger charge is -2.14. The highest BCUT2D eigenvalue weighted by Gasteiger charge is 2.15. The van der Waals surface area contributed by atoms with Gasteiger partial charge in [0, 0.05) is 42.7 Å². The lowest BCUT2D eigenvalue weighted by molar-refractivity contribution is 1.23. The molecule has 0 N–H and O–H groups in total. The summed E-state index contributed by atoms with van der Waals surface area (Å²) in [5.41, 5.74) is 8.35. The van der Waals surface area contributed by atoms with Gasteiger partial charge in [0.25, 0.3) is 0 Å². The van der Waals surface area contributed by atoms with Gasteiger partial charge in [0.15, 0.2) is 0 Å². The molecule has 10 aromatic rings. The first-order valence-electron chi connectivity index (χ1n) is 15.9. The van der Waals surface area contributed by atoms with Crippen molar-refractivity contribution < 1.29 is 0 Å². The molecule has 0 aliphatic heterocycles. The zero-order valence-corrected chi connectivity index (χ0v) is 26.1. The highest BCUT2D eigenvalue weighted by molar-refractivity contribution is 7.26. The average Bonchev–Trinajstić information content (AvgIpc) is 3.53. The van der Waals surface area contributed by atoms with E-state index in [1.54, 1.807) is 6.33 Å². The molecule has 0 aliphatic carbocycles. The summed E-state index contributed by atoms with van der Waals surface area (Å²) in [6, 6.07) is 53.2. The van der Waals surface area contributed by atoms with Gasteiger partial charge in [-0.25, -0.2) is 9.97 Å². The third-order valence-electron chi connectivity index (χ3n) is 9.62. The zero-order valence-electron chi connectivity index (χ0n) is 25.3. The van der Waals surface area contributed by atoms with Crippen LogP contribution in [0.1, 0.15) is 0 Å². The Morgan fingerprint density at radius 1 is 0.383 bits per heavy atom. The summed E-state index contributed by atoms with van der Waals surface area (Å²) < 4.78 is 2.67. The Morgan fingerprint density at radius 2 is 1.02 bits per heavy atom. The van der Waals surface area contributed by atoms with Crippen molar-refractivity contribution in [1.29, 1.82) is 0 Å². The molecule has 0 unspecified atom stereocenters. The van der Waals surface area contributed by atoms with Crippen molar-refractivity contribution in [3.63, 3.8) is 0 Å². The topological polar surface area (TPSA) is 25.8 Å². The summed E-state index contributed by atoms with van der Waals surface area (Å²) in [6.45, 7) is 0. The fourth-order valence-corrected chi connectivity index (χ4v) is 8.69. The maximum atomic E-state index is 4.75. The van der Waals surface area contributed by atoms with Crippen LogP contribution in [0.5, 0.6) is 0 Å². The van der Waals surface area contributed by atoms with Crippen molar-refractivity contribution in [3.8, 4) is 33.4 Å². The van der Waals surface area contributed by atoms with E-state index in [0.29, 0.717) is 0 Å². The molecule has 0 spiro atoms. The van der Waals surface area contributed by atoms with Gasteiger partial charge in [0.2, 0.25) is 0 Å². The SMILES string of the molecule is c1cc(-c2ccc3c4ccccc4c4cncnc4c3c2)cc(-c2ccc(-c3cccc4c3sc3ccccc34)c3ccccc23)c1. The van der Waals surface area contributed by atoms with Crippen LogP contribution in [0.15, 0.2) is 158 Å². The standard InChI is InChI=1S/C44H26N2S/c1-2-12-32-31(11-1)30(21-22-35(32)38-16-8-17-39-37-15-5-6-18-42(37)47-44(38)39)29-10-7-9-27(23-29)28-19-20-36-33-13-3-4-14-34(33)41-25-45-26-46-43(41)40(36)24-28/h1-26H. The first-order valence-corrected chi connectivity index (χ1v) is 16.7. The first-order chi connectivity index (χ1) is 23.3. The van der Waals surface area contributed by atoms with E-state index < -0.39 is 0 Å². The molecule has 3 heteroatoms. The Morgan fingerprint density at radius 3 is 1.89 bits per heavy atom. The fraction of sp³-hybridized carbons (Fsp3) is 0. The second kappa shape index (κ2) is 10.3. The first kappa shape index (κ1) is 26.3. The number of hydrogen-bond donors (Lipinski definition) is 0. The number of rotatable bonds is 3. The van der Waals surface area contributed by atoms with Crippen LogP contribution in [0.2, 0.25) is 0 Å². The van der Waals surface area contributed by atoms with E-state index in [4.69, 9.17) is 4.98 Å². The predicted molar refractivity (Wildman–Crippen MR) is 201 cm³/mol. The van der Waals surface area contributed by atoms with Gasteiger partial charge in [-0.1, -0.05) is 127 Å². The second-order valence-electron chi connectivity index (χ2n) is 12.2. The second-order valence-corrected chi connectivity index (χ2v) is 13.2. The number of nitrogens with zero attached hydrogens (tertiary/aromatic N) is 2. The third-order valence-corrected chi connectivity index (χ3v) is 10.8. The minimum Gasteiger partial charge on any atom is -0.244 e. The highest BCUT2D eigenvalue weighted by atomic mass is 32.1. The monoisotopic (exact) mass is 614 g/mol. The predicted octanol–water partition coefficient (Wildman–Crippen LogP) is 12.5. The molecule has 0 aliphatic rings. The van der Waals surface area contributed by atoms with Gasteiger partial charge in [-0.05, 0) is 72.9 Å². The molecule has 0 fully saturated rings. The molecular formula is C44H26N2S. The Kier molecular flexibility index (Phi) is 5.78. The van der Waals surface area contributed by atoms with Gasteiger partial charge in [-0.15, -0.1) is 11.3 Å². The Labute approximate surface area is 275 Å². The molecule has 0 radical (unpaired) electrons. The molecule has 218 valence electrons. The van der Waals surface area contributed by atoms with Crippen LogP contribution in [-0.2, 0) is 0 Å². The van der Waals surface area contributed by atoms with Gasteiger partial charge >= 0.3 is 0 Å². The average molecular weight is 615 g/mol. The molecule has 8 aromatic carbocycles. The van der Waals surface area contributed by atoms with E-state index in [-0.39, 0.29) is 0 Å². The van der Waals surface area contributed by atoms with Crippen LogP contribution in [0.3, 0.4) is 0 Å². The molecule has 2 heterocycles. The third kappa shape index (κ3) is 4.04. The highest BCUT2D eigenvalue weighted by Crippen LogP contribution is 2.44. The van der Waals surface area contributed by atoms with Crippen molar-refractivity contribution in [3.05, 3.63) is 158 Å². The van der Waals surface area contributed by atoms with E-state index in [2.05, 4.69) is 151 Å². The van der Waals surface area contributed by atoms with Crippen molar-refractivity contribution in [2.24, 2.45) is 0 Å². The smallest absolute Gasteiger partial charge is 0.116 e. The van der Waals surface area contributed by atoms with Gasteiger partial charge in [0.1, 0.15) is 6.33 Å². The molecule has 47 heavy (non-hydrogen) atoms. The van der Waals surface area contributed by atoms with Gasteiger partial charge in [-0.2, -0.15) is 0 Å². The number of benzene rings is 8. The normalized spacial score (nSPS) is 11.8. The molecule has 2 nitrogen and oxygen atoms in total. The maximum absolute atomic E-state index is 4.75. The minimum absolute atomic E-state index is 0.988. The van der Waals surface area contributed by atoms with Crippen molar-refractivity contribution in [2.75, 3.05) is 0 Å². The van der Waals surface area contributed by atoms with Crippen molar-refractivity contribution in [1.82, 2.24) is 9.97 Å². The van der Waals surface area contributed by atoms with E-state index in [9.17, 15) is 0 Å². The number of fused-ring (bicyclic) bond motifs is 10. The van der Waals surface area contributed by atoms with E-state index in [1.807, 2.05) is 17.5 Å². The van der Waals surface area contributed by atoms with Gasteiger partial charge in [0.05, 0.1) is 5.52 Å². The zero-order chi connectivity index (χ0) is 30.9. The van der Waals surface area contributed by atoms with Gasteiger partial charge < -0.3 is 0 Å². The lowest BCUT2D eigenvalue weighted by Crippen LogP contribution is -1.89. The van der Waals surface area contributed by atoms with Crippen molar-refractivity contribution >= 4 is 74.7 Å². The van der Waals surface area contributed by atoms with Crippen LogP contribution in [0, 0.1) is 0 Å². The largest absolute Gasteiger partial charge is 0.244 e. The van der Waals surface area contributed by atoms with Crippen molar-refractivity contribution in [2.45, 2.75) is 0 Å². The summed E-state index contributed by atoms with van der Waals surface area (Å²) in [4.78, 5) is 9.11. The Bertz CT molecular complexity index is 2830. The molecule has 0 amide bonds. The van der Waals surface area contributed by atoms with E-state index >= 15 is 0 Å². The van der Waals surface area contributed by atoms with E-state index in [1.165, 1.54) is 80.5 Å².